The van der Waals surface area contributed by atoms with Crippen LogP contribution in [0.3, 0.4) is 0 Å². The van der Waals surface area contributed by atoms with Crippen LogP contribution in [0, 0.1) is 0 Å². The number of pyridine rings is 2. The second-order valence-electron chi connectivity index (χ2n) is 12.3. The van der Waals surface area contributed by atoms with Crippen LogP contribution < -0.4 is 4.90 Å². The molecule has 6 heterocycles. The standard InChI is InChI=1S/C40H28N6/c1-40-19-10-22-43-39(40)31-13-4-7-16-34(31)46(40)28-24-26(44-32-14-5-2-11-29(32)37-35(44)17-8-20-41-37)23-27(25-28)45-33-15-6-3-12-30(33)38-36(45)18-9-21-42-38/h2-25,39H,1H3. The molecule has 2 atom stereocenters. The number of hydrogen-bond acceptors (Lipinski definition) is 4. The van der Waals surface area contributed by atoms with Gasteiger partial charge in [0.1, 0.15) is 6.04 Å². The van der Waals surface area contributed by atoms with Gasteiger partial charge < -0.3 is 14.0 Å². The zero-order chi connectivity index (χ0) is 30.4. The highest BCUT2D eigenvalue weighted by molar-refractivity contribution is 6.08. The molecule has 4 aromatic carbocycles. The minimum absolute atomic E-state index is 0.00400. The summed E-state index contributed by atoms with van der Waals surface area (Å²) in [6.07, 6.45) is 10.1. The number of allylic oxidation sites excluding steroid dienone is 1. The van der Waals surface area contributed by atoms with Crippen molar-refractivity contribution in [2.24, 2.45) is 4.99 Å². The maximum atomic E-state index is 5.01. The molecule has 0 fully saturated rings. The van der Waals surface area contributed by atoms with Gasteiger partial charge in [0.15, 0.2) is 0 Å². The first-order valence-corrected chi connectivity index (χ1v) is 15.6. The van der Waals surface area contributed by atoms with Crippen LogP contribution in [0.1, 0.15) is 18.5 Å². The Morgan fingerprint density at radius 1 is 0.587 bits per heavy atom. The Kier molecular flexibility index (Phi) is 5.09. The molecule has 6 heteroatoms. The molecule has 0 bridgehead atoms. The van der Waals surface area contributed by atoms with Crippen LogP contribution in [-0.2, 0) is 0 Å². The minimum atomic E-state index is -0.376. The molecule has 2 aliphatic rings. The van der Waals surface area contributed by atoms with Gasteiger partial charge in [-0.05, 0) is 73.7 Å². The van der Waals surface area contributed by atoms with Crippen molar-refractivity contribution in [3.05, 3.63) is 145 Å². The molecule has 10 rings (SSSR count). The predicted octanol–water partition coefficient (Wildman–Crippen LogP) is 9.26. The second-order valence-corrected chi connectivity index (χ2v) is 12.3. The van der Waals surface area contributed by atoms with Crippen LogP contribution in [-0.4, -0.2) is 30.9 Å². The van der Waals surface area contributed by atoms with Crippen molar-refractivity contribution in [3.8, 4) is 11.4 Å². The second kappa shape index (κ2) is 9.25. The summed E-state index contributed by atoms with van der Waals surface area (Å²) >= 11 is 0. The van der Waals surface area contributed by atoms with Crippen LogP contribution in [0.25, 0.3) is 55.2 Å². The number of aliphatic imine (C=N–C) groups is 1. The van der Waals surface area contributed by atoms with Crippen LogP contribution >= 0.6 is 0 Å². The number of dihydropyridines is 1. The molecule has 0 N–H and O–H groups in total. The zero-order valence-electron chi connectivity index (χ0n) is 25.1. The monoisotopic (exact) mass is 592 g/mol. The van der Waals surface area contributed by atoms with Gasteiger partial charge in [0.25, 0.3) is 0 Å². The molecule has 0 amide bonds. The maximum absolute atomic E-state index is 5.01. The molecular formula is C40H28N6. The highest BCUT2D eigenvalue weighted by Gasteiger charge is 2.48. The van der Waals surface area contributed by atoms with E-state index in [9.17, 15) is 0 Å². The van der Waals surface area contributed by atoms with E-state index in [1.807, 2.05) is 30.7 Å². The van der Waals surface area contributed by atoms with E-state index in [1.54, 1.807) is 0 Å². The smallest absolute Gasteiger partial charge is 0.104 e. The quantitative estimate of drug-likeness (QED) is 0.205. The van der Waals surface area contributed by atoms with Crippen molar-refractivity contribution >= 4 is 61.5 Å². The van der Waals surface area contributed by atoms with E-state index < -0.39 is 0 Å². The number of aromatic nitrogens is 4. The summed E-state index contributed by atoms with van der Waals surface area (Å²) in [6.45, 7) is 2.30. The van der Waals surface area contributed by atoms with Gasteiger partial charge in [0, 0.05) is 46.3 Å². The average molecular weight is 593 g/mol. The Morgan fingerprint density at radius 2 is 1.13 bits per heavy atom. The summed E-state index contributed by atoms with van der Waals surface area (Å²) in [4.78, 5) is 17.2. The molecule has 0 saturated heterocycles. The van der Waals surface area contributed by atoms with E-state index in [0.29, 0.717) is 0 Å². The maximum Gasteiger partial charge on any atom is 0.104 e. The number of anilines is 2. The summed E-state index contributed by atoms with van der Waals surface area (Å²) in [7, 11) is 0. The molecule has 4 aromatic heterocycles. The van der Waals surface area contributed by atoms with Gasteiger partial charge in [-0.2, -0.15) is 0 Å². The number of rotatable bonds is 3. The van der Waals surface area contributed by atoms with Gasteiger partial charge >= 0.3 is 0 Å². The first-order chi connectivity index (χ1) is 22.7. The van der Waals surface area contributed by atoms with Crippen LogP contribution in [0.2, 0.25) is 0 Å². The van der Waals surface area contributed by atoms with E-state index in [4.69, 9.17) is 15.0 Å². The fourth-order valence-electron chi connectivity index (χ4n) is 7.90. The largest absolute Gasteiger partial charge is 0.329 e. The number of hydrogen-bond donors (Lipinski definition) is 0. The van der Waals surface area contributed by atoms with E-state index in [-0.39, 0.29) is 11.6 Å². The lowest BCUT2D eigenvalue weighted by Crippen LogP contribution is -2.42. The van der Waals surface area contributed by atoms with Gasteiger partial charge in [-0.15, -0.1) is 0 Å². The summed E-state index contributed by atoms with van der Waals surface area (Å²) in [5, 5.41) is 2.27. The topological polar surface area (TPSA) is 51.2 Å². The normalized spacial score (nSPS) is 18.6. The Balaban J connectivity index is 1.33. The summed E-state index contributed by atoms with van der Waals surface area (Å²) in [5.74, 6) is 0. The SMILES string of the molecule is CC12C=CC=NC1c1ccccc1N2c1cc(-n2c3ccccc3c3ncccc32)cc(-n2c3ccccc3c3ncccc32)c1. The molecule has 0 radical (unpaired) electrons. The van der Waals surface area contributed by atoms with Crippen LogP contribution in [0.15, 0.2) is 145 Å². The molecule has 218 valence electrons. The first kappa shape index (κ1) is 25.3. The van der Waals surface area contributed by atoms with Gasteiger partial charge in [0.2, 0.25) is 0 Å². The van der Waals surface area contributed by atoms with E-state index >= 15 is 0 Å². The van der Waals surface area contributed by atoms with Crippen molar-refractivity contribution in [1.82, 2.24) is 19.1 Å². The molecule has 46 heavy (non-hydrogen) atoms. The average Bonchev–Trinajstić information content (AvgIpc) is 3.71. The number of nitrogens with zero attached hydrogens (tertiary/aromatic N) is 6. The van der Waals surface area contributed by atoms with Crippen LogP contribution in [0.4, 0.5) is 11.4 Å². The molecule has 0 aliphatic carbocycles. The van der Waals surface area contributed by atoms with Crippen molar-refractivity contribution in [3.63, 3.8) is 0 Å². The Morgan fingerprint density at radius 3 is 1.78 bits per heavy atom. The fourth-order valence-corrected chi connectivity index (χ4v) is 7.90. The van der Waals surface area contributed by atoms with Gasteiger partial charge in [-0.3, -0.25) is 15.0 Å². The fraction of sp³-hybridized carbons (Fsp3) is 0.0750. The number of fused-ring (bicyclic) bond motifs is 9. The third-order valence-corrected chi connectivity index (χ3v) is 9.78. The summed E-state index contributed by atoms with van der Waals surface area (Å²) in [6, 6.07) is 41.1. The third-order valence-electron chi connectivity index (χ3n) is 9.78. The number of para-hydroxylation sites is 3. The third kappa shape index (κ3) is 3.33. The Labute approximate surface area is 265 Å². The van der Waals surface area contributed by atoms with Gasteiger partial charge in [-0.25, -0.2) is 0 Å². The van der Waals surface area contributed by atoms with Gasteiger partial charge in [0.05, 0.1) is 50.0 Å². The van der Waals surface area contributed by atoms with Crippen molar-refractivity contribution in [2.75, 3.05) is 4.90 Å². The molecule has 0 saturated carbocycles. The first-order valence-electron chi connectivity index (χ1n) is 15.6. The zero-order valence-corrected chi connectivity index (χ0v) is 25.1. The molecule has 2 unspecified atom stereocenters. The van der Waals surface area contributed by atoms with Crippen LogP contribution in [0.5, 0.6) is 0 Å². The molecule has 8 aromatic rings. The lowest BCUT2D eigenvalue weighted by atomic mass is 9.88. The van der Waals surface area contributed by atoms with Crippen molar-refractivity contribution < 1.29 is 0 Å². The highest BCUT2D eigenvalue weighted by Crippen LogP contribution is 2.54. The Bertz CT molecular complexity index is 2350. The molecule has 0 spiro atoms. The molecule has 2 aliphatic heterocycles. The predicted molar refractivity (Wildman–Crippen MR) is 188 cm³/mol. The summed E-state index contributed by atoms with van der Waals surface area (Å²) in [5.41, 5.74) is 11.6. The Hall–Kier alpha value is -6.01. The number of benzene rings is 4. The van der Waals surface area contributed by atoms with Crippen molar-refractivity contribution in [1.29, 1.82) is 0 Å². The van der Waals surface area contributed by atoms with E-state index in [0.717, 1.165) is 60.9 Å². The van der Waals surface area contributed by atoms with E-state index in [2.05, 4.69) is 136 Å². The summed E-state index contributed by atoms with van der Waals surface area (Å²) < 4.78 is 4.71. The molecule has 6 nitrogen and oxygen atoms in total. The van der Waals surface area contributed by atoms with E-state index in [1.165, 1.54) is 11.3 Å². The lowest BCUT2D eigenvalue weighted by molar-refractivity contribution is 0.494. The van der Waals surface area contributed by atoms with Crippen molar-refractivity contribution in [2.45, 2.75) is 18.5 Å². The highest BCUT2D eigenvalue weighted by atomic mass is 15.3. The van der Waals surface area contributed by atoms with Gasteiger partial charge in [-0.1, -0.05) is 60.7 Å². The lowest BCUT2D eigenvalue weighted by Gasteiger charge is -2.39. The minimum Gasteiger partial charge on any atom is -0.329 e. The molecular weight excluding hydrogens is 564 g/mol.